The molecule has 0 nitrogen and oxygen atoms in total. The van der Waals surface area contributed by atoms with Crippen molar-refractivity contribution < 1.29 is 0 Å². The zero-order chi connectivity index (χ0) is 8.84. The third-order valence-corrected chi connectivity index (χ3v) is 4.75. The normalized spacial score (nSPS) is 48.5. The maximum atomic E-state index is 2.59. The van der Waals surface area contributed by atoms with Gasteiger partial charge in [-0.2, -0.15) is 0 Å². The smallest absolute Gasteiger partial charge is 0.0197 e. The summed E-state index contributed by atoms with van der Waals surface area (Å²) in [5.74, 6) is 4.29. The molecule has 0 saturated heterocycles. The summed E-state index contributed by atoms with van der Waals surface area (Å²) in [5, 5.41) is 0. The monoisotopic (exact) mass is 176 g/mol. The van der Waals surface area contributed by atoms with Crippen molar-refractivity contribution in [2.24, 2.45) is 23.7 Å². The number of hydrogen-bond acceptors (Lipinski definition) is 0. The summed E-state index contributed by atoms with van der Waals surface area (Å²) in [7, 11) is 0. The molecule has 4 unspecified atom stereocenters. The highest BCUT2D eigenvalue weighted by Gasteiger charge is 2.39. The van der Waals surface area contributed by atoms with Crippen LogP contribution in [0.5, 0.6) is 0 Å². The van der Waals surface area contributed by atoms with E-state index in [4.69, 9.17) is 0 Å². The number of hydrogen-bond donors (Lipinski definition) is 0. The number of fused-ring (bicyclic) bond motifs is 2. The van der Waals surface area contributed by atoms with Crippen LogP contribution in [0, 0.1) is 23.7 Å². The predicted octanol–water partition coefficient (Wildman–Crippen LogP) is 3.78. The summed E-state index contributed by atoms with van der Waals surface area (Å²) in [6.07, 6.45) is 11.7. The van der Waals surface area contributed by atoms with Crippen molar-refractivity contribution in [3.63, 3.8) is 0 Å². The van der Waals surface area contributed by atoms with Gasteiger partial charge >= 0.3 is 0 Å². The lowest BCUT2D eigenvalue weighted by Crippen LogP contribution is -2.25. The zero-order valence-corrected chi connectivity index (χ0v) is 8.63. The summed E-state index contributed by atoms with van der Waals surface area (Å²) in [6, 6.07) is 0. The first-order valence-electron chi connectivity index (χ1n) is 6.00. The van der Waals surface area contributed by atoms with E-state index in [-0.39, 0.29) is 0 Å². The van der Waals surface area contributed by atoms with E-state index in [1.54, 1.807) is 24.8 Å². The highest BCUT2D eigenvalue weighted by molar-refractivity contribution is 5.13. The van der Waals surface area contributed by atoms with Crippen LogP contribution in [0.4, 0.5) is 0 Å². The average molecular weight is 176 g/mol. The van der Waals surface area contributed by atoms with E-state index in [0.29, 0.717) is 0 Å². The summed E-state index contributed by atoms with van der Waals surface area (Å²) < 4.78 is 0. The van der Waals surface area contributed by atoms with Crippen molar-refractivity contribution in [1.82, 2.24) is 0 Å². The molecule has 0 radical (unpaired) electrons. The van der Waals surface area contributed by atoms with Crippen molar-refractivity contribution in [2.75, 3.05) is 0 Å². The quantitative estimate of drug-likeness (QED) is 0.493. The van der Waals surface area contributed by atoms with Crippen LogP contribution in [-0.2, 0) is 0 Å². The van der Waals surface area contributed by atoms with E-state index >= 15 is 0 Å². The fraction of sp³-hybridized carbons (Fsp3) is 0.846. The minimum Gasteiger partial charge on any atom is -0.0822 e. The van der Waals surface area contributed by atoms with E-state index in [0.717, 1.165) is 23.7 Å². The van der Waals surface area contributed by atoms with Crippen molar-refractivity contribution in [3.05, 3.63) is 11.6 Å². The van der Waals surface area contributed by atoms with E-state index in [2.05, 4.69) is 13.0 Å². The summed E-state index contributed by atoms with van der Waals surface area (Å²) in [4.78, 5) is 0. The van der Waals surface area contributed by atoms with Crippen molar-refractivity contribution >= 4 is 0 Å². The topological polar surface area (TPSA) is 0 Å². The maximum absolute atomic E-state index is 2.59. The van der Waals surface area contributed by atoms with E-state index in [1.807, 2.05) is 0 Å². The SMILES string of the molecule is CC1=CC2CC3CCC3CCC2C1. The molecule has 0 aromatic rings. The second-order valence-electron chi connectivity index (χ2n) is 5.55. The first-order valence-corrected chi connectivity index (χ1v) is 6.00. The summed E-state index contributed by atoms with van der Waals surface area (Å²) in [6.45, 7) is 2.33. The van der Waals surface area contributed by atoms with E-state index < -0.39 is 0 Å². The van der Waals surface area contributed by atoms with Crippen molar-refractivity contribution in [2.45, 2.75) is 45.4 Å². The molecule has 0 aromatic heterocycles. The van der Waals surface area contributed by atoms with Gasteiger partial charge in [0.05, 0.1) is 0 Å². The minimum atomic E-state index is 0.982. The van der Waals surface area contributed by atoms with Gasteiger partial charge < -0.3 is 0 Å². The van der Waals surface area contributed by atoms with Crippen LogP contribution in [0.15, 0.2) is 11.6 Å². The Morgan fingerprint density at radius 2 is 1.69 bits per heavy atom. The number of allylic oxidation sites excluding steroid dienone is 2. The molecule has 0 amide bonds. The second kappa shape index (κ2) is 2.87. The standard InChI is InChI=1S/C13H20/c1-9-6-11-4-2-10-3-5-12(10)8-13(11)7-9/h7,10-13H,2-6,8H2,1H3. The molecule has 3 aliphatic rings. The Kier molecular flexibility index (Phi) is 1.78. The van der Waals surface area contributed by atoms with Gasteiger partial charge in [-0.15, -0.1) is 0 Å². The second-order valence-corrected chi connectivity index (χ2v) is 5.55. The Balaban J connectivity index is 1.77. The highest BCUT2D eigenvalue weighted by atomic mass is 14.4. The van der Waals surface area contributed by atoms with Crippen LogP contribution in [0.2, 0.25) is 0 Å². The van der Waals surface area contributed by atoms with Crippen molar-refractivity contribution in [1.29, 1.82) is 0 Å². The van der Waals surface area contributed by atoms with Crippen molar-refractivity contribution in [3.8, 4) is 0 Å². The third kappa shape index (κ3) is 1.26. The van der Waals surface area contributed by atoms with E-state index in [1.165, 1.54) is 19.3 Å². The largest absolute Gasteiger partial charge is 0.0822 e. The Morgan fingerprint density at radius 3 is 2.46 bits per heavy atom. The van der Waals surface area contributed by atoms with Crippen LogP contribution in [-0.4, -0.2) is 0 Å². The molecule has 72 valence electrons. The average Bonchev–Trinajstić information content (AvgIpc) is 2.36. The van der Waals surface area contributed by atoms with Gasteiger partial charge in [0.1, 0.15) is 0 Å². The molecule has 0 bridgehead atoms. The molecule has 0 aliphatic heterocycles. The molecule has 13 heavy (non-hydrogen) atoms. The first kappa shape index (κ1) is 8.08. The lowest BCUT2D eigenvalue weighted by molar-refractivity contribution is 0.157. The summed E-state index contributed by atoms with van der Waals surface area (Å²) >= 11 is 0. The van der Waals surface area contributed by atoms with Gasteiger partial charge in [-0.1, -0.05) is 11.6 Å². The third-order valence-electron chi connectivity index (χ3n) is 4.75. The number of rotatable bonds is 0. The highest BCUT2D eigenvalue weighted by Crippen LogP contribution is 2.50. The molecule has 0 heterocycles. The molecule has 0 N–H and O–H groups in total. The molecule has 2 saturated carbocycles. The van der Waals surface area contributed by atoms with Crippen LogP contribution < -0.4 is 0 Å². The van der Waals surface area contributed by atoms with Gasteiger partial charge in [0.2, 0.25) is 0 Å². The molecule has 3 aliphatic carbocycles. The first-order chi connectivity index (χ1) is 6.33. The van der Waals surface area contributed by atoms with Crippen LogP contribution in [0.3, 0.4) is 0 Å². The maximum Gasteiger partial charge on any atom is -0.0197 e. The molecule has 0 heteroatoms. The fourth-order valence-corrected chi connectivity index (χ4v) is 3.82. The molecule has 4 atom stereocenters. The Hall–Kier alpha value is -0.260. The molecule has 0 spiro atoms. The van der Waals surface area contributed by atoms with Crippen LogP contribution in [0.25, 0.3) is 0 Å². The van der Waals surface area contributed by atoms with Gasteiger partial charge in [0.15, 0.2) is 0 Å². The zero-order valence-electron chi connectivity index (χ0n) is 8.63. The van der Waals surface area contributed by atoms with Gasteiger partial charge in [-0.05, 0) is 69.1 Å². The molecule has 3 rings (SSSR count). The Labute approximate surface area is 81.4 Å². The molecule has 2 fully saturated rings. The van der Waals surface area contributed by atoms with Crippen LogP contribution in [0.1, 0.15) is 45.4 Å². The van der Waals surface area contributed by atoms with Crippen LogP contribution >= 0.6 is 0 Å². The Morgan fingerprint density at radius 1 is 1.00 bits per heavy atom. The molecule has 0 aromatic carbocycles. The van der Waals surface area contributed by atoms with Gasteiger partial charge in [-0.3, -0.25) is 0 Å². The summed E-state index contributed by atoms with van der Waals surface area (Å²) in [5.41, 5.74) is 1.67. The minimum absolute atomic E-state index is 0.982. The van der Waals surface area contributed by atoms with Gasteiger partial charge in [0.25, 0.3) is 0 Å². The lowest BCUT2D eigenvalue weighted by atomic mass is 9.70. The molecular weight excluding hydrogens is 156 g/mol. The van der Waals surface area contributed by atoms with E-state index in [9.17, 15) is 0 Å². The predicted molar refractivity (Wildman–Crippen MR) is 55.4 cm³/mol. The van der Waals surface area contributed by atoms with Gasteiger partial charge in [-0.25, -0.2) is 0 Å². The Bertz CT molecular complexity index is 238. The van der Waals surface area contributed by atoms with Gasteiger partial charge in [0, 0.05) is 0 Å². The fourth-order valence-electron chi connectivity index (χ4n) is 3.82. The lowest BCUT2D eigenvalue weighted by Gasteiger charge is -2.36. The molecular formula is C13H20.